The van der Waals surface area contributed by atoms with Crippen LogP contribution in [0.1, 0.15) is 116 Å². The first-order valence-corrected chi connectivity index (χ1v) is 24.5. The number of hydrogen-bond donors (Lipinski definition) is 0. The zero-order valence-electron chi connectivity index (χ0n) is 37.3. The molecule has 2 aromatic heterocycles. The van der Waals surface area contributed by atoms with Crippen LogP contribution in [-0.4, -0.2) is 6.71 Å². The second-order valence-electron chi connectivity index (χ2n) is 17.3. The van der Waals surface area contributed by atoms with Crippen molar-refractivity contribution in [3.8, 4) is 9.75 Å². The molecular weight excluding hydrogens is 746 g/mol. The largest absolute Gasteiger partial charge is 0.309 e. The van der Waals surface area contributed by atoms with E-state index >= 15 is 4.57 Å². The maximum absolute atomic E-state index is 17.3. The predicted molar refractivity (Wildman–Crippen MR) is 259 cm³/mol. The van der Waals surface area contributed by atoms with E-state index in [1.165, 1.54) is 80.4 Å². The van der Waals surface area contributed by atoms with Crippen molar-refractivity contribution in [1.82, 2.24) is 0 Å². The second-order valence-corrected chi connectivity index (χ2v) is 22.2. The molecule has 0 atom stereocenters. The third-order valence-corrected chi connectivity index (χ3v) is 18.4. The third-order valence-electron chi connectivity index (χ3n) is 11.9. The normalized spacial score (nSPS) is 11.8. The van der Waals surface area contributed by atoms with Crippen LogP contribution < -0.4 is 32.3 Å². The number of thiophene rings is 2. The van der Waals surface area contributed by atoms with Crippen LogP contribution in [0, 0.1) is 83.1 Å². The molecule has 4 aromatic carbocycles. The van der Waals surface area contributed by atoms with Crippen LogP contribution in [0.15, 0.2) is 60.7 Å². The molecule has 57 heavy (non-hydrogen) atoms. The summed E-state index contributed by atoms with van der Waals surface area (Å²) in [6.07, 6.45) is 6.57. The smallest absolute Gasteiger partial charge is 0.244 e. The number of rotatable bonds is 13. The van der Waals surface area contributed by atoms with Crippen molar-refractivity contribution in [3.05, 3.63) is 137 Å². The van der Waals surface area contributed by atoms with Crippen molar-refractivity contribution in [3.63, 3.8) is 0 Å². The van der Waals surface area contributed by atoms with E-state index < -0.39 is 7.14 Å². The number of hydrogen-bond acceptors (Lipinski definition) is 3. The van der Waals surface area contributed by atoms with E-state index in [9.17, 15) is 0 Å². The first-order chi connectivity index (χ1) is 27.0. The van der Waals surface area contributed by atoms with Gasteiger partial charge in [-0.15, -0.1) is 22.7 Å². The maximum Gasteiger partial charge on any atom is 0.244 e. The summed E-state index contributed by atoms with van der Waals surface area (Å²) in [7, 11) is -3.42. The summed E-state index contributed by atoms with van der Waals surface area (Å²) in [4.78, 5) is 5.27. The quantitative estimate of drug-likeness (QED) is 0.0839. The highest BCUT2D eigenvalue weighted by atomic mass is 32.1. The average Bonchev–Trinajstić information content (AvgIpc) is 3.72. The van der Waals surface area contributed by atoms with Crippen molar-refractivity contribution < 1.29 is 4.57 Å². The van der Waals surface area contributed by atoms with Crippen LogP contribution in [-0.2, 0) is 17.4 Å². The summed E-state index contributed by atoms with van der Waals surface area (Å²) >= 11 is 3.89. The Morgan fingerprint density at radius 1 is 0.456 bits per heavy atom. The van der Waals surface area contributed by atoms with Gasteiger partial charge < -0.3 is 4.57 Å². The molecule has 0 fully saturated rings. The van der Waals surface area contributed by atoms with Gasteiger partial charge in [0.2, 0.25) is 6.71 Å². The highest BCUT2D eigenvalue weighted by Crippen LogP contribution is 2.51. The van der Waals surface area contributed by atoms with Gasteiger partial charge in [-0.25, -0.2) is 0 Å². The Labute approximate surface area is 353 Å². The molecule has 0 amide bonds. The van der Waals surface area contributed by atoms with Crippen LogP contribution in [0.5, 0.6) is 0 Å². The van der Waals surface area contributed by atoms with Crippen molar-refractivity contribution >= 4 is 68.8 Å². The molecule has 0 bridgehead atoms. The molecular formula is C52H64BOPS2. The topological polar surface area (TPSA) is 17.1 Å². The van der Waals surface area contributed by atoms with E-state index in [1.807, 2.05) is 22.7 Å². The molecule has 6 rings (SSSR count). The monoisotopic (exact) mass is 810 g/mol. The maximum atomic E-state index is 17.3. The van der Waals surface area contributed by atoms with Gasteiger partial charge in [0.15, 0.2) is 7.14 Å². The van der Waals surface area contributed by atoms with E-state index in [2.05, 4.69) is 158 Å². The molecule has 0 aliphatic heterocycles. The summed E-state index contributed by atoms with van der Waals surface area (Å²) in [5.74, 6) is 0. The Balaban J connectivity index is 1.80. The number of benzene rings is 4. The van der Waals surface area contributed by atoms with Crippen LogP contribution in [0.2, 0.25) is 0 Å². The Morgan fingerprint density at radius 3 is 1.16 bits per heavy atom. The Morgan fingerprint density at radius 2 is 0.789 bits per heavy atom. The molecule has 0 radical (unpaired) electrons. The van der Waals surface area contributed by atoms with Gasteiger partial charge in [0.1, 0.15) is 0 Å². The first-order valence-electron chi connectivity index (χ1n) is 21.2. The molecule has 0 unspecified atom stereocenters. The molecule has 0 saturated heterocycles. The van der Waals surface area contributed by atoms with E-state index in [0.29, 0.717) is 0 Å². The van der Waals surface area contributed by atoms with Gasteiger partial charge in [0.05, 0.1) is 4.88 Å². The minimum Gasteiger partial charge on any atom is -0.309 e. The molecule has 1 nitrogen and oxygen atoms in total. The summed E-state index contributed by atoms with van der Waals surface area (Å²) in [6, 6.07) is 23.4. The lowest BCUT2D eigenvalue weighted by atomic mass is 9.34. The third kappa shape index (κ3) is 8.39. The van der Waals surface area contributed by atoms with Crippen molar-refractivity contribution in [2.24, 2.45) is 0 Å². The lowest BCUT2D eigenvalue weighted by Crippen LogP contribution is -2.56. The molecule has 2 heterocycles. The minimum atomic E-state index is -3.42. The highest BCUT2D eigenvalue weighted by molar-refractivity contribution is 7.86. The predicted octanol–water partition coefficient (Wildman–Crippen LogP) is 12.0. The number of aryl methyl sites for hydroxylation is 14. The zero-order chi connectivity index (χ0) is 41.5. The summed E-state index contributed by atoms with van der Waals surface area (Å²) < 4.78 is 17.3. The molecule has 0 aliphatic rings. The van der Waals surface area contributed by atoms with Crippen molar-refractivity contribution in [2.75, 3.05) is 0 Å². The van der Waals surface area contributed by atoms with Gasteiger partial charge in [-0.05, 0) is 143 Å². The fourth-order valence-electron chi connectivity index (χ4n) is 10.1. The van der Waals surface area contributed by atoms with E-state index in [0.717, 1.165) is 76.7 Å². The Hall–Kier alpha value is -3.43. The van der Waals surface area contributed by atoms with Gasteiger partial charge in [-0.2, -0.15) is 0 Å². The molecule has 0 N–H and O–H groups in total. The van der Waals surface area contributed by atoms with Gasteiger partial charge >= 0.3 is 0 Å². The summed E-state index contributed by atoms with van der Waals surface area (Å²) in [5, 5.41) is 3.06. The molecule has 6 aromatic rings. The molecule has 0 aliphatic carbocycles. The average molecular weight is 811 g/mol. The summed E-state index contributed by atoms with van der Waals surface area (Å²) in [5.41, 5.74) is 19.0. The molecule has 298 valence electrons. The van der Waals surface area contributed by atoms with E-state index in [1.54, 1.807) is 0 Å². The van der Waals surface area contributed by atoms with E-state index in [-0.39, 0.29) is 6.71 Å². The SMILES string of the molecule is CCCCc1cc(B(c2c(C)cc(C)cc2C)c2c(C)cc(C)cc2C)c(-c2sc(CCCC)cc2P(=O)(c2c(C)cc(C)cc2C)c2c(C)cc(C)cc2C)s1. The Kier molecular flexibility index (Phi) is 13.2. The van der Waals surface area contributed by atoms with Gasteiger partial charge in [0.25, 0.3) is 0 Å². The molecule has 5 heteroatoms. The lowest BCUT2D eigenvalue weighted by molar-refractivity contribution is 0.592. The fraction of sp³-hybridized carbons (Fsp3) is 0.385. The van der Waals surface area contributed by atoms with Gasteiger partial charge in [-0.3, -0.25) is 0 Å². The standard InChI is InChI=1S/C52H64BOPS2/c1-15-17-19-43-29-45(53(47-35(7)21-31(3)22-36(47)8)48-37(9)23-32(4)24-38(48)10)51(56-43)52-46(30-44(57-52)20-18-16-2)55(54,49-39(11)25-33(5)26-40(49)12)50-41(13)27-34(6)28-42(50)14/h21-30H,15-20H2,1-14H3. The van der Waals surface area contributed by atoms with Crippen molar-refractivity contribution in [2.45, 2.75) is 135 Å². The minimum absolute atomic E-state index is 0.0342. The van der Waals surface area contributed by atoms with Crippen LogP contribution in [0.4, 0.5) is 0 Å². The zero-order valence-corrected chi connectivity index (χ0v) is 39.8. The molecule has 0 saturated carbocycles. The van der Waals surface area contributed by atoms with E-state index in [4.69, 9.17) is 0 Å². The fourth-order valence-corrected chi connectivity index (χ4v) is 16.9. The second kappa shape index (κ2) is 17.4. The number of unbranched alkanes of at least 4 members (excludes halogenated alkanes) is 2. The lowest BCUT2D eigenvalue weighted by Gasteiger charge is -2.28. The van der Waals surface area contributed by atoms with Gasteiger partial charge in [-0.1, -0.05) is 137 Å². The first kappa shape index (κ1) is 43.2. The summed E-state index contributed by atoms with van der Waals surface area (Å²) in [6.45, 7) is 31.4. The van der Waals surface area contributed by atoms with Crippen LogP contribution >= 0.6 is 29.8 Å². The highest BCUT2D eigenvalue weighted by Gasteiger charge is 2.41. The molecule has 0 spiro atoms. The van der Waals surface area contributed by atoms with Crippen LogP contribution in [0.3, 0.4) is 0 Å². The van der Waals surface area contributed by atoms with Gasteiger partial charge in [0, 0.05) is 30.5 Å². The van der Waals surface area contributed by atoms with Crippen LogP contribution in [0.25, 0.3) is 9.75 Å². The Bertz CT molecular complexity index is 2300. The van der Waals surface area contributed by atoms with Crippen molar-refractivity contribution in [1.29, 1.82) is 0 Å².